The zero-order valence-corrected chi connectivity index (χ0v) is 15.6. The predicted molar refractivity (Wildman–Crippen MR) is 98.2 cm³/mol. The van der Waals surface area contributed by atoms with Crippen LogP contribution in [-0.4, -0.2) is 36.2 Å². The van der Waals surface area contributed by atoms with E-state index in [4.69, 9.17) is 4.74 Å². The second-order valence-electron chi connectivity index (χ2n) is 7.86. The lowest BCUT2D eigenvalue weighted by Crippen LogP contribution is -2.34. The molecule has 1 aromatic rings. The summed E-state index contributed by atoms with van der Waals surface area (Å²) in [4.78, 5) is 14.3. The van der Waals surface area contributed by atoms with Crippen molar-refractivity contribution in [2.24, 2.45) is 0 Å². The molecular formula is C20H32N2O2. The van der Waals surface area contributed by atoms with Crippen molar-refractivity contribution in [3.8, 4) is 0 Å². The molecule has 0 bridgehead atoms. The second kappa shape index (κ2) is 8.52. The Balaban J connectivity index is 1.80. The third-order valence-electron chi connectivity index (χ3n) is 4.36. The highest BCUT2D eigenvalue weighted by atomic mass is 16.6. The van der Waals surface area contributed by atoms with Crippen molar-refractivity contribution < 1.29 is 9.53 Å². The van der Waals surface area contributed by atoms with Gasteiger partial charge in [0, 0.05) is 13.1 Å². The van der Waals surface area contributed by atoms with E-state index in [2.05, 4.69) is 41.4 Å². The molecule has 0 radical (unpaired) electrons. The van der Waals surface area contributed by atoms with E-state index in [0.717, 1.165) is 6.54 Å². The van der Waals surface area contributed by atoms with Crippen LogP contribution in [0.1, 0.15) is 64.0 Å². The molecule has 0 spiro atoms. The molecule has 134 valence electrons. The van der Waals surface area contributed by atoms with Crippen molar-refractivity contribution in [3.05, 3.63) is 35.4 Å². The summed E-state index contributed by atoms with van der Waals surface area (Å²) in [6.07, 6.45) is 3.67. The van der Waals surface area contributed by atoms with Crippen LogP contribution in [0.4, 0.5) is 4.79 Å². The summed E-state index contributed by atoms with van der Waals surface area (Å²) in [6, 6.07) is 8.79. The maximum absolute atomic E-state index is 11.7. The minimum atomic E-state index is -0.455. The molecule has 1 heterocycles. The number of hydrogen-bond donors (Lipinski definition) is 1. The number of amides is 1. The average Bonchev–Trinajstić information content (AvgIpc) is 2.53. The Morgan fingerprint density at radius 2 is 1.79 bits per heavy atom. The molecular weight excluding hydrogens is 300 g/mol. The van der Waals surface area contributed by atoms with E-state index in [-0.39, 0.29) is 12.0 Å². The van der Waals surface area contributed by atoms with Gasteiger partial charge in [0.2, 0.25) is 0 Å². The highest BCUT2D eigenvalue weighted by Gasteiger charge is 2.17. The van der Waals surface area contributed by atoms with Crippen LogP contribution in [0, 0.1) is 0 Å². The summed E-state index contributed by atoms with van der Waals surface area (Å²) in [6.45, 7) is 11.8. The molecule has 0 saturated carbocycles. The van der Waals surface area contributed by atoms with Crippen molar-refractivity contribution in [1.82, 2.24) is 10.2 Å². The maximum Gasteiger partial charge on any atom is 0.407 e. The lowest BCUT2D eigenvalue weighted by atomic mass is 9.99. The smallest absolute Gasteiger partial charge is 0.407 e. The van der Waals surface area contributed by atoms with E-state index in [9.17, 15) is 4.79 Å². The number of alkyl carbamates (subject to hydrolysis) is 1. The number of hydrogen-bond acceptors (Lipinski definition) is 3. The van der Waals surface area contributed by atoms with Crippen LogP contribution in [0.5, 0.6) is 0 Å². The first-order valence-electron chi connectivity index (χ1n) is 9.11. The van der Waals surface area contributed by atoms with Crippen molar-refractivity contribution in [3.63, 3.8) is 0 Å². The number of carbonyl (C=O) groups excluding carboxylic acids is 1. The first-order chi connectivity index (χ1) is 11.3. The summed E-state index contributed by atoms with van der Waals surface area (Å²) in [7, 11) is 0. The number of likely N-dealkylation sites (tertiary alicyclic amines) is 1. The van der Waals surface area contributed by atoms with Crippen molar-refractivity contribution in [1.29, 1.82) is 0 Å². The molecule has 4 heteroatoms. The molecule has 1 amide bonds. The van der Waals surface area contributed by atoms with Crippen LogP contribution in [0.15, 0.2) is 24.3 Å². The van der Waals surface area contributed by atoms with Gasteiger partial charge in [-0.1, -0.05) is 37.6 Å². The van der Waals surface area contributed by atoms with Gasteiger partial charge in [-0.15, -0.1) is 0 Å². The normalized spacial score (nSPS) is 17.3. The maximum atomic E-state index is 11.7. The molecule has 1 aliphatic rings. The number of nitrogens with zero attached hydrogens (tertiary/aromatic N) is 1. The number of ether oxygens (including phenoxy) is 1. The molecule has 1 aliphatic heterocycles. The number of rotatable bonds is 5. The van der Waals surface area contributed by atoms with Gasteiger partial charge in [-0.25, -0.2) is 4.79 Å². The van der Waals surface area contributed by atoms with Gasteiger partial charge in [0.25, 0.3) is 0 Å². The Kier molecular flexibility index (Phi) is 6.67. The SMILES string of the molecule is CC(CNC(=O)OC(C)(C)C)c1ccc(CN2CCCCC2)cc1. The fraction of sp³-hybridized carbons (Fsp3) is 0.650. The minimum absolute atomic E-state index is 0.265. The molecule has 2 rings (SSSR count). The van der Waals surface area contributed by atoms with Crippen LogP contribution >= 0.6 is 0 Å². The highest BCUT2D eigenvalue weighted by Crippen LogP contribution is 2.18. The van der Waals surface area contributed by atoms with E-state index in [1.807, 2.05) is 20.8 Å². The zero-order chi connectivity index (χ0) is 17.6. The number of carbonyl (C=O) groups is 1. The average molecular weight is 332 g/mol. The van der Waals surface area contributed by atoms with Crippen LogP contribution in [-0.2, 0) is 11.3 Å². The molecule has 1 saturated heterocycles. The Morgan fingerprint density at radius 3 is 2.38 bits per heavy atom. The number of benzene rings is 1. The molecule has 1 atom stereocenters. The lowest BCUT2D eigenvalue weighted by molar-refractivity contribution is 0.0525. The fourth-order valence-electron chi connectivity index (χ4n) is 3.00. The third kappa shape index (κ3) is 6.52. The molecule has 0 aromatic heterocycles. The molecule has 24 heavy (non-hydrogen) atoms. The molecule has 1 unspecified atom stereocenters. The van der Waals surface area contributed by atoms with E-state index in [1.165, 1.54) is 43.5 Å². The van der Waals surface area contributed by atoms with E-state index < -0.39 is 5.60 Å². The van der Waals surface area contributed by atoms with Crippen LogP contribution in [0.3, 0.4) is 0 Å². The standard InChI is InChI=1S/C20H32N2O2/c1-16(14-21-19(23)24-20(2,3)4)18-10-8-17(9-11-18)15-22-12-6-5-7-13-22/h8-11,16H,5-7,12-15H2,1-4H3,(H,21,23). The Hall–Kier alpha value is -1.55. The van der Waals surface area contributed by atoms with Gasteiger partial charge in [0.05, 0.1) is 0 Å². The van der Waals surface area contributed by atoms with Gasteiger partial charge < -0.3 is 10.1 Å². The first-order valence-corrected chi connectivity index (χ1v) is 9.11. The fourth-order valence-corrected chi connectivity index (χ4v) is 3.00. The minimum Gasteiger partial charge on any atom is -0.444 e. The van der Waals surface area contributed by atoms with Gasteiger partial charge >= 0.3 is 6.09 Å². The Labute approximate surface area is 146 Å². The summed E-state index contributed by atoms with van der Waals surface area (Å²) < 4.78 is 5.27. The predicted octanol–water partition coefficient (Wildman–Crippen LogP) is 4.30. The summed E-state index contributed by atoms with van der Waals surface area (Å²) in [5.74, 6) is 0.265. The highest BCUT2D eigenvalue weighted by molar-refractivity contribution is 5.67. The van der Waals surface area contributed by atoms with Crippen LogP contribution < -0.4 is 5.32 Å². The van der Waals surface area contributed by atoms with E-state index >= 15 is 0 Å². The third-order valence-corrected chi connectivity index (χ3v) is 4.36. The first kappa shape index (κ1) is 18.8. The lowest BCUT2D eigenvalue weighted by Gasteiger charge is -2.26. The largest absolute Gasteiger partial charge is 0.444 e. The van der Waals surface area contributed by atoms with Gasteiger partial charge in [0.15, 0.2) is 0 Å². The summed E-state index contributed by atoms with van der Waals surface area (Å²) >= 11 is 0. The zero-order valence-electron chi connectivity index (χ0n) is 15.6. The molecule has 1 aromatic carbocycles. The Bertz CT molecular complexity index is 513. The quantitative estimate of drug-likeness (QED) is 0.874. The second-order valence-corrected chi connectivity index (χ2v) is 7.86. The van der Waals surface area contributed by atoms with Crippen LogP contribution in [0.2, 0.25) is 0 Å². The molecule has 0 aliphatic carbocycles. The Morgan fingerprint density at radius 1 is 1.17 bits per heavy atom. The molecule has 4 nitrogen and oxygen atoms in total. The molecule has 1 N–H and O–H groups in total. The van der Waals surface area contributed by atoms with Gasteiger partial charge in [0.1, 0.15) is 5.60 Å². The summed E-state index contributed by atoms with van der Waals surface area (Å²) in [5, 5.41) is 2.85. The van der Waals surface area contributed by atoms with Crippen molar-refractivity contribution in [2.75, 3.05) is 19.6 Å². The van der Waals surface area contributed by atoms with E-state index in [1.54, 1.807) is 0 Å². The molecule has 1 fully saturated rings. The monoisotopic (exact) mass is 332 g/mol. The van der Waals surface area contributed by atoms with Gasteiger partial charge in [-0.2, -0.15) is 0 Å². The van der Waals surface area contributed by atoms with Gasteiger partial charge in [-0.3, -0.25) is 4.90 Å². The van der Waals surface area contributed by atoms with Gasteiger partial charge in [-0.05, 0) is 63.7 Å². The van der Waals surface area contributed by atoms with Crippen LogP contribution in [0.25, 0.3) is 0 Å². The topological polar surface area (TPSA) is 41.6 Å². The number of nitrogens with one attached hydrogen (secondary N) is 1. The number of piperidine rings is 1. The summed E-state index contributed by atoms with van der Waals surface area (Å²) in [5.41, 5.74) is 2.16. The van der Waals surface area contributed by atoms with Crippen molar-refractivity contribution >= 4 is 6.09 Å². The van der Waals surface area contributed by atoms with Crippen molar-refractivity contribution in [2.45, 2.75) is 65.0 Å². The van der Waals surface area contributed by atoms with E-state index in [0.29, 0.717) is 6.54 Å².